The number of hydrogen-bond acceptors (Lipinski definition) is 4. The zero-order valence-electron chi connectivity index (χ0n) is 13.5. The summed E-state index contributed by atoms with van der Waals surface area (Å²) in [5.74, 6) is -2.13. The number of rotatable bonds is 3. The van der Waals surface area contributed by atoms with Gasteiger partial charge in [-0.05, 0) is 25.0 Å². The van der Waals surface area contributed by atoms with E-state index in [1.807, 2.05) is 23.1 Å². The second-order valence-corrected chi connectivity index (χ2v) is 6.83. The lowest BCUT2D eigenvalue weighted by molar-refractivity contribution is -0.151. The van der Waals surface area contributed by atoms with Crippen LogP contribution in [0, 0.1) is 11.8 Å². The van der Waals surface area contributed by atoms with E-state index in [2.05, 4.69) is 17.0 Å². The zero-order chi connectivity index (χ0) is 16.7. The number of para-hydroxylation sites is 1. The van der Waals surface area contributed by atoms with Crippen molar-refractivity contribution in [2.45, 2.75) is 25.0 Å². The number of carboxylic acid groups (broad SMARTS) is 1. The molecule has 1 aromatic rings. The first-order valence-electron chi connectivity index (χ1n) is 8.62. The van der Waals surface area contributed by atoms with Crippen molar-refractivity contribution < 1.29 is 19.4 Å². The fourth-order valence-corrected chi connectivity index (χ4v) is 4.34. The molecule has 24 heavy (non-hydrogen) atoms. The molecule has 0 aliphatic carbocycles. The highest BCUT2D eigenvalue weighted by Gasteiger charge is 2.56. The molecule has 1 N–H and O–H groups in total. The van der Waals surface area contributed by atoms with Crippen molar-refractivity contribution in [3.63, 3.8) is 0 Å². The van der Waals surface area contributed by atoms with Crippen molar-refractivity contribution in [3.8, 4) is 0 Å². The molecule has 6 heteroatoms. The van der Waals surface area contributed by atoms with Crippen LogP contribution < -0.4 is 4.90 Å². The summed E-state index contributed by atoms with van der Waals surface area (Å²) in [5.41, 5.74) is 1.16. The summed E-state index contributed by atoms with van der Waals surface area (Å²) < 4.78 is 5.72. The third-order valence-electron chi connectivity index (χ3n) is 5.56. The summed E-state index contributed by atoms with van der Waals surface area (Å²) in [4.78, 5) is 28.6. The van der Waals surface area contributed by atoms with Crippen LogP contribution in [-0.4, -0.2) is 60.3 Å². The van der Waals surface area contributed by atoms with Crippen LogP contribution in [-0.2, 0) is 14.3 Å². The van der Waals surface area contributed by atoms with Gasteiger partial charge in [0.05, 0.1) is 24.0 Å². The minimum absolute atomic E-state index is 0.0395. The molecule has 2 bridgehead atoms. The van der Waals surface area contributed by atoms with Crippen LogP contribution in [0.15, 0.2) is 30.3 Å². The number of carbonyl (C=O) groups excluding carboxylic acids is 1. The van der Waals surface area contributed by atoms with Crippen LogP contribution in [0.2, 0.25) is 0 Å². The minimum atomic E-state index is -0.900. The molecule has 3 heterocycles. The average Bonchev–Trinajstić information content (AvgIpc) is 3.23. The number of piperazine rings is 1. The normalized spacial score (nSPS) is 32.2. The van der Waals surface area contributed by atoms with Crippen molar-refractivity contribution in [1.82, 2.24) is 4.90 Å². The predicted molar refractivity (Wildman–Crippen MR) is 87.7 cm³/mol. The molecule has 4 rings (SSSR count). The Labute approximate surface area is 141 Å². The highest BCUT2D eigenvalue weighted by Crippen LogP contribution is 2.44. The molecule has 3 saturated heterocycles. The number of benzene rings is 1. The maximum Gasteiger partial charge on any atom is 0.310 e. The minimum Gasteiger partial charge on any atom is -0.481 e. The van der Waals surface area contributed by atoms with E-state index in [4.69, 9.17) is 4.74 Å². The van der Waals surface area contributed by atoms with Crippen LogP contribution in [0.1, 0.15) is 12.8 Å². The number of carboxylic acids is 1. The van der Waals surface area contributed by atoms with Gasteiger partial charge in [0.15, 0.2) is 0 Å². The molecule has 6 nitrogen and oxygen atoms in total. The first-order valence-corrected chi connectivity index (χ1v) is 8.62. The smallest absolute Gasteiger partial charge is 0.310 e. The van der Waals surface area contributed by atoms with Crippen LogP contribution in [0.25, 0.3) is 0 Å². The second-order valence-electron chi connectivity index (χ2n) is 6.83. The lowest BCUT2D eigenvalue weighted by atomic mass is 9.78. The zero-order valence-corrected chi connectivity index (χ0v) is 13.5. The van der Waals surface area contributed by atoms with E-state index in [0.29, 0.717) is 13.1 Å². The summed E-state index contributed by atoms with van der Waals surface area (Å²) in [6, 6.07) is 10.2. The molecule has 3 aliphatic rings. The largest absolute Gasteiger partial charge is 0.481 e. The fraction of sp³-hybridized carbons (Fsp3) is 0.556. The number of nitrogens with zero attached hydrogens (tertiary/aromatic N) is 2. The molecule has 4 unspecified atom stereocenters. The first-order chi connectivity index (χ1) is 11.6. The SMILES string of the molecule is O=C(O)C1C2CCC(O2)C1C(=O)N1CCN(c2ccccc2)CC1. The predicted octanol–water partition coefficient (Wildman–Crippen LogP) is 1.21. The van der Waals surface area contributed by atoms with Gasteiger partial charge in [0.1, 0.15) is 0 Å². The quantitative estimate of drug-likeness (QED) is 0.902. The van der Waals surface area contributed by atoms with Gasteiger partial charge in [-0.3, -0.25) is 9.59 Å². The monoisotopic (exact) mass is 330 g/mol. The Morgan fingerprint density at radius 3 is 2.21 bits per heavy atom. The number of ether oxygens (including phenoxy) is 1. The summed E-state index contributed by atoms with van der Waals surface area (Å²) in [5, 5.41) is 9.48. The molecule has 128 valence electrons. The second kappa shape index (κ2) is 6.09. The Bertz CT molecular complexity index is 627. The highest BCUT2D eigenvalue weighted by atomic mass is 16.5. The molecule has 4 atom stereocenters. The topological polar surface area (TPSA) is 70.1 Å². The third kappa shape index (κ3) is 2.55. The molecular weight excluding hydrogens is 308 g/mol. The highest BCUT2D eigenvalue weighted by molar-refractivity contribution is 5.86. The number of fused-ring (bicyclic) bond motifs is 2. The van der Waals surface area contributed by atoms with Crippen LogP contribution in [0.3, 0.4) is 0 Å². The Morgan fingerprint density at radius 2 is 1.58 bits per heavy atom. The van der Waals surface area contributed by atoms with Crippen molar-refractivity contribution in [1.29, 1.82) is 0 Å². The van der Waals surface area contributed by atoms with Crippen molar-refractivity contribution >= 4 is 17.6 Å². The van der Waals surface area contributed by atoms with E-state index in [1.165, 1.54) is 0 Å². The van der Waals surface area contributed by atoms with Gasteiger partial charge >= 0.3 is 5.97 Å². The number of hydrogen-bond donors (Lipinski definition) is 1. The molecular formula is C18H22N2O4. The van der Waals surface area contributed by atoms with E-state index >= 15 is 0 Å². The Balaban J connectivity index is 1.42. The van der Waals surface area contributed by atoms with E-state index in [-0.39, 0.29) is 18.1 Å². The van der Waals surface area contributed by atoms with Gasteiger partial charge in [-0.2, -0.15) is 0 Å². The van der Waals surface area contributed by atoms with Gasteiger partial charge in [0, 0.05) is 31.9 Å². The summed E-state index contributed by atoms with van der Waals surface area (Å²) in [7, 11) is 0. The maximum atomic E-state index is 12.9. The molecule has 3 fully saturated rings. The summed E-state index contributed by atoms with van der Waals surface area (Å²) in [6.45, 7) is 2.81. The van der Waals surface area contributed by atoms with Gasteiger partial charge < -0.3 is 19.6 Å². The van der Waals surface area contributed by atoms with E-state index in [0.717, 1.165) is 31.6 Å². The van der Waals surface area contributed by atoms with E-state index in [9.17, 15) is 14.7 Å². The third-order valence-corrected chi connectivity index (χ3v) is 5.56. The lowest BCUT2D eigenvalue weighted by Crippen LogP contribution is -2.53. The molecule has 3 aliphatic heterocycles. The molecule has 1 amide bonds. The molecule has 0 spiro atoms. The van der Waals surface area contributed by atoms with Gasteiger partial charge in [-0.25, -0.2) is 0 Å². The Hall–Kier alpha value is -2.08. The van der Waals surface area contributed by atoms with E-state index < -0.39 is 17.8 Å². The Morgan fingerprint density at radius 1 is 0.958 bits per heavy atom. The van der Waals surface area contributed by atoms with Crippen LogP contribution in [0.4, 0.5) is 5.69 Å². The van der Waals surface area contributed by atoms with Gasteiger partial charge in [0.2, 0.25) is 5.91 Å². The molecule has 0 radical (unpaired) electrons. The van der Waals surface area contributed by atoms with Crippen LogP contribution in [0.5, 0.6) is 0 Å². The molecule has 1 aromatic carbocycles. The van der Waals surface area contributed by atoms with Crippen molar-refractivity contribution in [2.75, 3.05) is 31.1 Å². The maximum absolute atomic E-state index is 12.9. The van der Waals surface area contributed by atoms with E-state index in [1.54, 1.807) is 0 Å². The standard InChI is InChI=1S/C18H22N2O4/c21-17(15-13-6-7-14(24-13)16(15)18(22)23)20-10-8-19(9-11-20)12-4-2-1-3-5-12/h1-5,13-16H,6-11H2,(H,22,23). The fourth-order valence-electron chi connectivity index (χ4n) is 4.34. The summed E-state index contributed by atoms with van der Waals surface area (Å²) in [6.07, 6.45) is 1.06. The summed E-state index contributed by atoms with van der Waals surface area (Å²) >= 11 is 0. The van der Waals surface area contributed by atoms with Gasteiger partial charge in [-0.15, -0.1) is 0 Å². The molecule has 0 aromatic heterocycles. The van der Waals surface area contributed by atoms with Gasteiger partial charge in [-0.1, -0.05) is 18.2 Å². The average molecular weight is 330 g/mol. The Kier molecular flexibility index (Phi) is 3.92. The number of amides is 1. The first kappa shape index (κ1) is 15.4. The molecule has 0 saturated carbocycles. The number of carbonyl (C=O) groups is 2. The van der Waals surface area contributed by atoms with Crippen LogP contribution >= 0.6 is 0 Å². The number of aliphatic carboxylic acids is 1. The lowest BCUT2D eigenvalue weighted by Gasteiger charge is -2.38. The van der Waals surface area contributed by atoms with Gasteiger partial charge in [0.25, 0.3) is 0 Å². The van der Waals surface area contributed by atoms with Crippen molar-refractivity contribution in [2.24, 2.45) is 11.8 Å². The number of anilines is 1. The van der Waals surface area contributed by atoms with Crippen molar-refractivity contribution in [3.05, 3.63) is 30.3 Å².